The van der Waals surface area contributed by atoms with E-state index in [2.05, 4.69) is 48.5 Å². The summed E-state index contributed by atoms with van der Waals surface area (Å²) < 4.78 is 11.3. The first-order valence-corrected chi connectivity index (χ1v) is 15.4. The Morgan fingerprint density at radius 1 is 0.842 bits per heavy atom. The third kappa shape index (κ3) is 3.44. The molecule has 0 unspecified atom stereocenters. The van der Waals surface area contributed by atoms with E-state index in [0.29, 0.717) is 35.9 Å². The zero-order valence-electron chi connectivity index (χ0n) is 25.4. The SMILES string of the molecule is COC(=O)[C@]12CC[C@H](C)[C@@H](C)[C@H]1[C@H]1C(=O)C[C@H]3[C@@]4(C)CC[C@H](OC(C)=O)C(C)(C)[C@@H]4CC[C@]3(C)[C@]1(C)CC2. The van der Waals surface area contributed by atoms with Crippen molar-refractivity contribution in [3.8, 4) is 0 Å². The van der Waals surface area contributed by atoms with Crippen LogP contribution in [0.3, 0.4) is 0 Å². The van der Waals surface area contributed by atoms with Gasteiger partial charge in [0.25, 0.3) is 0 Å². The van der Waals surface area contributed by atoms with Crippen molar-refractivity contribution < 1.29 is 23.9 Å². The first kappa shape index (κ1) is 28.1. The van der Waals surface area contributed by atoms with Crippen LogP contribution in [0.2, 0.25) is 0 Å². The smallest absolute Gasteiger partial charge is 0.312 e. The van der Waals surface area contributed by atoms with Gasteiger partial charge in [-0.15, -0.1) is 0 Å². The van der Waals surface area contributed by atoms with Crippen LogP contribution in [-0.2, 0) is 23.9 Å². The Bertz CT molecular complexity index is 1020. The molecule has 5 saturated carbocycles. The second kappa shape index (κ2) is 8.80. The van der Waals surface area contributed by atoms with Crippen LogP contribution < -0.4 is 0 Å². The lowest BCUT2D eigenvalue weighted by atomic mass is 9.31. The highest BCUT2D eigenvalue weighted by Crippen LogP contribution is 2.76. The van der Waals surface area contributed by atoms with Crippen LogP contribution in [0, 0.1) is 62.6 Å². The van der Waals surface area contributed by atoms with E-state index in [0.717, 1.165) is 51.4 Å². The summed E-state index contributed by atoms with van der Waals surface area (Å²) in [5.41, 5.74) is -0.718. The standard InChI is InChI=1S/C33H52O5/c1-19-10-15-33(28(36)37-9)17-16-32(8)27(26(33)20(19)2)22(35)18-24-30(6)13-12-25(38-21(3)34)29(4,5)23(30)11-14-31(24,32)7/h19-20,23-27H,10-18H2,1-9H3/t19-,20+,23-,24-,25-,26-,27+,30-,31-,32+,33-/m0/s1. The van der Waals surface area contributed by atoms with Gasteiger partial charge >= 0.3 is 11.9 Å². The van der Waals surface area contributed by atoms with E-state index in [9.17, 15) is 14.4 Å². The minimum atomic E-state index is -0.519. The van der Waals surface area contributed by atoms with Gasteiger partial charge in [0.1, 0.15) is 11.9 Å². The van der Waals surface area contributed by atoms with Gasteiger partial charge in [-0.25, -0.2) is 0 Å². The normalized spacial score (nSPS) is 51.5. The molecule has 5 aliphatic rings. The van der Waals surface area contributed by atoms with Crippen molar-refractivity contribution >= 4 is 17.7 Å². The average molecular weight is 529 g/mol. The van der Waals surface area contributed by atoms with Crippen molar-refractivity contribution in [1.82, 2.24) is 0 Å². The molecular weight excluding hydrogens is 476 g/mol. The number of ether oxygens (including phenoxy) is 2. The van der Waals surface area contributed by atoms with Gasteiger partial charge in [-0.3, -0.25) is 14.4 Å². The Kier molecular flexibility index (Phi) is 6.52. The van der Waals surface area contributed by atoms with Gasteiger partial charge in [0.15, 0.2) is 0 Å². The minimum absolute atomic E-state index is 0.0269. The maximum atomic E-state index is 14.6. The number of esters is 2. The molecule has 0 N–H and O–H groups in total. The van der Waals surface area contributed by atoms with Crippen LogP contribution in [0.4, 0.5) is 0 Å². The maximum absolute atomic E-state index is 14.6. The fraction of sp³-hybridized carbons (Fsp3) is 0.909. The highest BCUT2D eigenvalue weighted by Gasteiger charge is 2.73. The fourth-order valence-electron chi connectivity index (χ4n) is 11.9. The van der Waals surface area contributed by atoms with E-state index in [1.165, 1.54) is 14.0 Å². The zero-order valence-corrected chi connectivity index (χ0v) is 25.4. The van der Waals surface area contributed by atoms with E-state index in [-0.39, 0.29) is 51.5 Å². The highest BCUT2D eigenvalue weighted by atomic mass is 16.5. The van der Waals surface area contributed by atoms with Crippen molar-refractivity contribution in [3.63, 3.8) is 0 Å². The lowest BCUT2D eigenvalue weighted by molar-refractivity contribution is -0.250. The summed E-state index contributed by atoms with van der Waals surface area (Å²) in [7, 11) is 1.53. The molecule has 0 spiro atoms. The summed E-state index contributed by atoms with van der Waals surface area (Å²) >= 11 is 0. The van der Waals surface area contributed by atoms with Gasteiger partial charge in [-0.2, -0.15) is 0 Å². The van der Waals surface area contributed by atoms with Gasteiger partial charge in [-0.05, 0) is 97.2 Å². The van der Waals surface area contributed by atoms with E-state index in [1.807, 2.05) is 0 Å². The van der Waals surface area contributed by atoms with Gasteiger partial charge < -0.3 is 9.47 Å². The number of fused-ring (bicyclic) bond motifs is 7. The van der Waals surface area contributed by atoms with Crippen LogP contribution in [-0.4, -0.2) is 30.9 Å². The topological polar surface area (TPSA) is 69.7 Å². The first-order valence-electron chi connectivity index (χ1n) is 15.4. The third-order valence-corrected chi connectivity index (χ3v) is 14.2. The second-order valence-electron chi connectivity index (χ2n) is 15.6. The van der Waals surface area contributed by atoms with Crippen LogP contribution in [0.15, 0.2) is 0 Å². The summed E-state index contributed by atoms with van der Waals surface area (Å²) in [6.45, 7) is 18.1. The van der Waals surface area contributed by atoms with Gasteiger partial charge in [0, 0.05) is 24.7 Å². The summed E-state index contributed by atoms with van der Waals surface area (Å²) in [5.74, 6) is 1.64. The summed E-state index contributed by atoms with van der Waals surface area (Å²) in [6.07, 6.45) is 8.24. The van der Waals surface area contributed by atoms with Crippen molar-refractivity contribution in [3.05, 3.63) is 0 Å². The number of rotatable bonds is 2. The molecule has 11 atom stereocenters. The molecule has 0 aromatic heterocycles. The molecule has 5 rings (SSSR count). The zero-order chi connectivity index (χ0) is 28.1. The molecule has 5 fully saturated rings. The Hall–Kier alpha value is -1.39. The van der Waals surface area contributed by atoms with Gasteiger partial charge in [0.2, 0.25) is 0 Å². The van der Waals surface area contributed by atoms with Crippen LogP contribution in [0.5, 0.6) is 0 Å². The molecule has 0 bridgehead atoms. The molecule has 0 aromatic carbocycles. The molecule has 0 radical (unpaired) electrons. The summed E-state index contributed by atoms with van der Waals surface area (Å²) in [6, 6.07) is 0. The Labute approximate surface area is 230 Å². The summed E-state index contributed by atoms with van der Waals surface area (Å²) in [5, 5.41) is 0. The van der Waals surface area contributed by atoms with E-state index >= 15 is 0 Å². The number of carbonyl (C=O) groups excluding carboxylic acids is 3. The Balaban J connectivity index is 1.56. The van der Waals surface area contributed by atoms with Crippen LogP contribution in [0.1, 0.15) is 113 Å². The lowest BCUT2D eigenvalue weighted by Gasteiger charge is -2.73. The third-order valence-electron chi connectivity index (χ3n) is 14.2. The monoisotopic (exact) mass is 528 g/mol. The molecule has 214 valence electrons. The number of Topliss-reactive ketones (excluding diaryl/α,β-unsaturated/α-hetero) is 1. The molecule has 0 amide bonds. The summed E-state index contributed by atoms with van der Waals surface area (Å²) in [4.78, 5) is 40.0. The van der Waals surface area contributed by atoms with Crippen LogP contribution >= 0.6 is 0 Å². The molecular formula is C33H52O5. The quantitative estimate of drug-likeness (QED) is 0.361. The van der Waals surface area contributed by atoms with E-state index in [4.69, 9.17) is 9.47 Å². The maximum Gasteiger partial charge on any atom is 0.312 e. The van der Waals surface area contributed by atoms with Crippen molar-refractivity contribution in [2.24, 2.45) is 62.6 Å². The van der Waals surface area contributed by atoms with Crippen molar-refractivity contribution in [2.45, 2.75) is 119 Å². The Morgan fingerprint density at radius 3 is 2.16 bits per heavy atom. The number of methoxy groups -OCH3 is 1. The fourth-order valence-corrected chi connectivity index (χ4v) is 11.9. The molecule has 5 aliphatic carbocycles. The molecule has 5 heteroatoms. The average Bonchev–Trinajstić information content (AvgIpc) is 2.84. The molecule has 0 aliphatic heterocycles. The largest absolute Gasteiger partial charge is 0.469 e. The lowest BCUT2D eigenvalue weighted by Crippen LogP contribution is -2.70. The molecule has 5 nitrogen and oxygen atoms in total. The highest BCUT2D eigenvalue weighted by molar-refractivity contribution is 5.87. The second-order valence-corrected chi connectivity index (χ2v) is 15.6. The Morgan fingerprint density at radius 2 is 1.53 bits per heavy atom. The van der Waals surface area contributed by atoms with Gasteiger partial charge in [-0.1, -0.05) is 48.5 Å². The predicted molar refractivity (Wildman–Crippen MR) is 147 cm³/mol. The number of hydrogen-bond acceptors (Lipinski definition) is 5. The first-order chi connectivity index (χ1) is 17.6. The number of carbonyl (C=O) groups is 3. The molecule has 0 saturated heterocycles. The van der Waals surface area contributed by atoms with Crippen molar-refractivity contribution in [1.29, 1.82) is 0 Å². The van der Waals surface area contributed by atoms with Gasteiger partial charge in [0.05, 0.1) is 12.5 Å². The molecule has 38 heavy (non-hydrogen) atoms. The van der Waals surface area contributed by atoms with E-state index in [1.54, 1.807) is 0 Å². The number of hydrogen-bond donors (Lipinski definition) is 0. The number of ketones is 1. The predicted octanol–water partition coefficient (Wildman–Crippen LogP) is 7.01. The minimum Gasteiger partial charge on any atom is -0.469 e. The van der Waals surface area contributed by atoms with E-state index < -0.39 is 5.41 Å². The van der Waals surface area contributed by atoms with Crippen LogP contribution in [0.25, 0.3) is 0 Å². The van der Waals surface area contributed by atoms with Crippen molar-refractivity contribution in [2.75, 3.05) is 7.11 Å². The molecule has 0 heterocycles. The molecule has 0 aromatic rings.